The van der Waals surface area contributed by atoms with Crippen molar-refractivity contribution in [3.63, 3.8) is 0 Å². The average molecular weight is 210 g/mol. The Balaban J connectivity index is 1.65. The SMILES string of the molecule is CC1=CCC(COC2CCOCC2)CC1. The summed E-state index contributed by atoms with van der Waals surface area (Å²) in [5, 5.41) is 0. The molecule has 86 valence electrons. The number of hydrogen-bond donors (Lipinski definition) is 0. The highest BCUT2D eigenvalue weighted by Crippen LogP contribution is 2.24. The van der Waals surface area contributed by atoms with Crippen molar-refractivity contribution in [1.82, 2.24) is 0 Å². The Morgan fingerprint density at radius 3 is 2.80 bits per heavy atom. The van der Waals surface area contributed by atoms with Crippen LogP contribution in [0.2, 0.25) is 0 Å². The Hall–Kier alpha value is -0.340. The zero-order valence-electron chi connectivity index (χ0n) is 9.71. The van der Waals surface area contributed by atoms with Crippen LogP contribution in [-0.4, -0.2) is 25.9 Å². The molecule has 2 nitrogen and oxygen atoms in total. The van der Waals surface area contributed by atoms with E-state index >= 15 is 0 Å². The minimum Gasteiger partial charge on any atom is -0.381 e. The smallest absolute Gasteiger partial charge is 0.0619 e. The Kier molecular flexibility index (Phi) is 4.21. The molecular weight excluding hydrogens is 188 g/mol. The minimum atomic E-state index is 0.464. The van der Waals surface area contributed by atoms with Gasteiger partial charge in [0.1, 0.15) is 0 Å². The number of rotatable bonds is 3. The van der Waals surface area contributed by atoms with Crippen LogP contribution in [-0.2, 0) is 9.47 Å². The number of ether oxygens (including phenoxy) is 2. The summed E-state index contributed by atoms with van der Waals surface area (Å²) in [7, 11) is 0. The second-order valence-electron chi connectivity index (χ2n) is 4.84. The molecule has 0 N–H and O–H groups in total. The summed E-state index contributed by atoms with van der Waals surface area (Å²) >= 11 is 0. The van der Waals surface area contributed by atoms with Crippen molar-refractivity contribution in [3.8, 4) is 0 Å². The zero-order valence-corrected chi connectivity index (χ0v) is 9.71. The van der Waals surface area contributed by atoms with Gasteiger partial charge in [-0.1, -0.05) is 11.6 Å². The van der Waals surface area contributed by atoms with Gasteiger partial charge in [0.05, 0.1) is 12.7 Å². The highest BCUT2D eigenvalue weighted by Gasteiger charge is 2.18. The van der Waals surface area contributed by atoms with E-state index in [0.29, 0.717) is 6.10 Å². The normalized spacial score (nSPS) is 28.9. The molecule has 1 aliphatic carbocycles. The average Bonchev–Trinajstić information content (AvgIpc) is 2.30. The molecule has 0 aromatic rings. The van der Waals surface area contributed by atoms with Gasteiger partial charge in [-0.2, -0.15) is 0 Å². The molecule has 1 atom stereocenters. The van der Waals surface area contributed by atoms with Gasteiger partial charge in [0.2, 0.25) is 0 Å². The predicted octanol–water partition coefficient (Wildman–Crippen LogP) is 2.93. The molecule has 0 radical (unpaired) electrons. The maximum absolute atomic E-state index is 5.95. The summed E-state index contributed by atoms with van der Waals surface area (Å²) in [4.78, 5) is 0. The summed E-state index contributed by atoms with van der Waals surface area (Å²) in [6, 6.07) is 0. The minimum absolute atomic E-state index is 0.464. The molecule has 1 fully saturated rings. The zero-order chi connectivity index (χ0) is 10.5. The summed E-state index contributed by atoms with van der Waals surface area (Å²) in [5.74, 6) is 0.761. The van der Waals surface area contributed by atoms with Crippen LogP contribution in [0.15, 0.2) is 11.6 Å². The number of allylic oxidation sites excluding steroid dienone is 2. The van der Waals surface area contributed by atoms with E-state index in [2.05, 4.69) is 13.0 Å². The standard InChI is InChI=1S/C13H22O2/c1-11-2-4-12(5-3-11)10-15-13-6-8-14-9-7-13/h2,12-13H,3-10H2,1H3. The van der Waals surface area contributed by atoms with Crippen molar-refractivity contribution in [2.45, 2.75) is 45.1 Å². The van der Waals surface area contributed by atoms with Crippen molar-refractivity contribution >= 4 is 0 Å². The van der Waals surface area contributed by atoms with E-state index < -0.39 is 0 Å². The lowest BCUT2D eigenvalue weighted by molar-refractivity contribution is -0.0435. The largest absolute Gasteiger partial charge is 0.381 e. The summed E-state index contributed by atoms with van der Waals surface area (Å²) in [5.41, 5.74) is 1.55. The molecule has 1 aliphatic heterocycles. The first-order valence-electron chi connectivity index (χ1n) is 6.19. The molecule has 0 spiro atoms. The van der Waals surface area contributed by atoms with Crippen LogP contribution in [0.1, 0.15) is 39.0 Å². The van der Waals surface area contributed by atoms with E-state index in [-0.39, 0.29) is 0 Å². The summed E-state index contributed by atoms with van der Waals surface area (Å²) in [6.45, 7) is 4.95. The fourth-order valence-electron chi connectivity index (χ4n) is 2.29. The molecule has 1 heterocycles. The van der Waals surface area contributed by atoms with Crippen molar-refractivity contribution < 1.29 is 9.47 Å². The monoisotopic (exact) mass is 210 g/mol. The van der Waals surface area contributed by atoms with Crippen LogP contribution in [0.25, 0.3) is 0 Å². The fraction of sp³-hybridized carbons (Fsp3) is 0.846. The third-order valence-corrected chi connectivity index (χ3v) is 3.48. The third-order valence-electron chi connectivity index (χ3n) is 3.48. The first-order chi connectivity index (χ1) is 7.34. The lowest BCUT2D eigenvalue weighted by Crippen LogP contribution is -2.26. The van der Waals surface area contributed by atoms with Crippen LogP contribution in [0.5, 0.6) is 0 Å². The lowest BCUT2D eigenvalue weighted by atomic mass is 9.91. The molecule has 1 saturated heterocycles. The first-order valence-corrected chi connectivity index (χ1v) is 6.19. The molecule has 2 aliphatic rings. The van der Waals surface area contributed by atoms with Gasteiger partial charge >= 0.3 is 0 Å². The van der Waals surface area contributed by atoms with Crippen molar-refractivity contribution in [2.75, 3.05) is 19.8 Å². The van der Waals surface area contributed by atoms with Gasteiger partial charge < -0.3 is 9.47 Å². The Morgan fingerprint density at radius 2 is 2.13 bits per heavy atom. The molecule has 0 aromatic heterocycles. The topological polar surface area (TPSA) is 18.5 Å². The van der Waals surface area contributed by atoms with E-state index in [4.69, 9.17) is 9.47 Å². The van der Waals surface area contributed by atoms with Crippen molar-refractivity contribution in [3.05, 3.63) is 11.6 Å². The third kappa shape index (κ3) is 3.62. The second-order valence-corrected chi connectivity index (χ2v) is 4.84. The van der Waals surface area contributed by atoms with Gasteiger partial charge in [0.15, 0.2) is 0 Å². The lowest BCUT2D eigenvalue weighted by Gasteiger charge is -2.26. The molecule has 2 heteroatoms. The van der Waals surface area contributed by atoms with E-state index in [0.717, 1.165) is 38.6 Å². The Morgan fingerprint density at radius 1 is 1.33 bits per heavy atom. The van der Waals surface area contributed by atoms with Crippen molar-refractivity contribution in [2.24, 2.45) is 5.92 Å². The highest BCUT2D eigenvalue weighted by molar-refractivity contribution is 5.02. The van der Waals surface area contributed by atoms with Crippen molar-refractivity contribution in [1.29, 1.82) is 0 Å². The highest BCUT2D eigenvalue weighted by atomic mass is 16.5. The van der Waals surface area contributed by atoms with Crippen LogP contribution >= 0.6 is 0 Å². The second kappa shape index (κ2) is 5.66. The van der Waals surface area contributed by atoms with Gasteiger partial charge in [0, 0.05) is 13.2 Å². The molecule has 0 saturated carbocycles. The molecule has 1 unspecified atom stereocenters. The van der Waals surface area contributed by atoms with Crippen LogP contribution in [0, 0.1) is 5.92 Å². The van der Waals surface area contributed by atoms with Crippen LogP contribution in [0.4, 0.5) is 0 Å². The van der Waals surface area contributed by atoms with E-state index in [1.807, 2.05) is 0 Å². The maximum atomic E-state index is 5.95. The van der Waals surface area contributed by atoms with E-state index in [9.17, 15) is 0 Å². The van der Waals surface area contributed by atoms with E-state index in [1.165, 1.54) is 19.3 Å². The predicted molar refractivity (Wildman–Crippen MR) is 60.9 cm³/mol. The molecule has 15 heavy (non-hydrogen) atoms. The van der Waals surface area contributed by atoms with Gasteiger partial charge in [-0.3, -0.25) is 0 Å². The molecule has 0 amide bonds. The van der Waals surface area contributed by atoms with Gasteiger partial charge in [-0.15, -0.1) is 0 Å². The molecular formula is C13H22O2. The maximum Gasteiger partial charge on any atom is 0.0619 e. The molecule has 0 aromatic carbocycles. The first kappa shape index (κ1) is 11.2. The summed E-state index contributed by atoms with van der Waals surface area (Å²) < 4.78 is 11.3. The summed E-state index contributed by atoms with van der Waals surface area (Å²) in [6.07, 6.45) is 8.80. The molecule has 2 rings (SSSR count). The fourth-order valence-corrected chi connectivity index (χ4v) is 2.29. The number of hydrogen-bond acceptors (Lipinski definition) is 2. The van der Waals surface area contributed by atoms with E-state index in [1.54, 1.807) is 5.57 Å². The van der Waals surface area contributed by atoms with Crippen LogP contribution in [0.3, 0.4) is 0 Å². The van der Waals surface area contributed by atoms with Gasteiger partial charge in [-0.25, -0.2) is 0 Å². The van der Waals surface area contributed by atoms with Gasteiger partial charge in [-0.05, 0) is 44.9 Å². The van der Waals surface area contributed by atoms with Crippen LogP contribution < -0.4 is 0 Å². The Bertz CT molecular complexity index is 217. The quantitative estimate of drug-likeness (QED) is 0.667. The molecule has 0 bridgehead atoms. The van der Waals surface area contributed by atoms with Gasteiger partial charge in [0.25, 0.3) is 0 Å². The Labute approximate surface area is 92.6 Å².